The van der Waals surface area contributed by atoms with Gasteiger partial charge in [0.1, 0.15) is 0 Å². The molecule has 1 atom stereocenters. The highest BCUT2D eigenvalue weighted by atomic mass is 79.9. The number of benzene rings is 2. The summed E-state index contributed by atoms with van der Waals surface area (Å²) in [5, 5.41) is 0.893. The predicted molar refractivity (Wildman–Crippen MR) is 91.7 cm³/mol. The molecule has 21 heavy (non-hydrogen) atoms. The van der Waals surface area contributed by atoms with E-state index < -0.39 is 0 Å². The molecule has 0 fully saturated rings. The Labute approximate surface area is 136 Å². The largest absolute Gasteiger partial charge is 0.333 e. The van der Waals surface area contributed by atoms with Crippen LogP contribution in [0.3, 0.4) is 0 Å². The topological polar surface area (TPSA) is 54.7 Å². The lowest BCUT2D eigenvalue weighted by atomic mass is 10.1. The highest BCUT2D eigenvalue weighted by Crippen LogP contribution is 2.34. The minimum absolute atomic E-state index is 0.0366. The lowest BCUT2D eigenvalue weighted by Gasteiger charge is -2.08. The summed E-state index contributed by atoms with van der Waals surface area (Å²) >= 11 is 5.22. The van der Waals surface area contributed by atoms with Gasteiger partial charge in [-0.05, 0) is 65.2 Å². The zero-order chi connectivity index (χ0) is 15.0. The third-order valence-corrected chi connectivity index (χ3v) is 5.19. The highest BCUT2D eigenvalue weighted by molar-refractivity contribution is 9.10. The van der Waals surface area contributed by atoms with Gasteiger partial charge in [0.25, 0.3) is 0 Å². The number of nitrogens with one attached hydrogen (secondary N) is 1. The van der Waals surface area contributed by atoms with Crippen LogP contribution >= 0.6 is 27.7 Å². The quantitative estimate of drug-likeness (QED) is 0.703. The van der Waals surface area contributed by atoms with Crippen molar-refractivity contribution in [1.29, 1.82) is 0 Å². The number of halogens is 1. The molecule has 0 radical (unpaired) electrons. The number of H-pyrrole nitrogens is 1. The Hall–Kier alpha value is -1.30. The van der Waals surface area contributed by atoms with Crippen molar-refractivity contribution >= 4 is 38.7 Å². The molecule has 0 amide bonds. The number of aromatic amines is 1. The molecule has 0 saturated carbocycles. The van der Waals surface area contributed by atoms with Crippen LogP contribution in [0.1, 0.15) is 24.1 Å². The van der Waals surface area contributed by atoms with Crippen LogP contribution in [0, 0.1) is 6.92 Å². The van der Waals surface area contributed by atoms with Crippen LogP contribution in [0.25, 0.3) is 11.0 Å². The predicted octanol–water partition coefficient (Wildman–Crippen LogP) is 4.80. The Morgan fingerprint density at radius 2 is 2.05 bits per heavy atom. The van der Waals surface area contributed by atoms with Gasteiger partial charge in [-0.25, -0.2) is 4.98 Å². The molecule has 108 valence electrons. The van der Waals surface area contributed by atoms with Crippen LogP contribution < -0.4 is 5.73 Å². The zero-order valence-electron chi connectivity index (χ0n) is 11.9. The summed E-state index contributed by atoms with van der Waals surface area (Å²) in [6, 6.07) is 12.5. The van der Waals surface area contributed by atoms with Gasteiger partial charge in [0.15, 0.2) is 5.16 Å². The average Bonchev–Trinajstić information content (AvgIpc) is 2.82. The van der Waals surface area contributed by atoms with Gasteiger partial charge < -0.3 is 10.7 Å². The minimum Gasteiger partial charge on any atom is -0.333 e. The van der Waals surface area contributed by atoms with Gasteiger partial charge in [-0.1, -0.05) is 23.9 Å². The molecule has 1 unspecified atom stereocenters. The van der Waals surface area contributed by atoms with Crippen molar-refractivity contribution in [2.45, 2.75) is 29.9 Å². The number of aryl methyl sites for hydroxylation is 1. The van der Waals surface area contributed by atoms with E-state index in [1.54, 1.807) is 11.8 Å². The molecule has 0 aliphatic heterocycles. The number of nitrogens with zero attached hydrogens (tertiary/aromatic N) is 1. The van der Waals surface area contributed by atoms with Crippen molar-refractivity contribution in [3.8, 4) is 0 Å². The van der Waals surface area contributed by atoms with E-state index in [0.29, 0.717) is 0 Å². The van der Waals surface area contributed by atoms with E-state index in [-0.39, 0.29) is 6.04 Å². The second-order valence-corrected chi connectivity index (χ2v) is 7.03. The smallest absolute Gasteiger partial charge is 0.171 e. The van der Waals surface area contributed by atoms with E-state index in [2.05, 4.69) is 63.2 Å². The second-order valence-electron chi connectivity index (χ2n) is 5.14. The molecule has 3 nitrogen and oxygen atoms in total. The third-order valence-electron chi connectivity index (χ3n) is 3.30. The van der Waals surface area contributed by atoms with Gasteiger partial charge in [-0.2, -0.15) is 0 Å². The molecule has 1 heterocycles. The molecular formula is C16H16BrN3S. The van der Waals surface area contributed by atoms with Crippen molar-refractivity contribution in [1.82, 2.24) is 9.97 Å². The normalized spacial score (nSPS) is 12.8. The Kier molecular flexibility index (Phi) is 4.06. The van der Waals surface area contributed by atoms with Crippen LogP contribution in [-0.4, -0.2) is 9.97 Å². The molecule has 0 spiro atoms. The fourth-order valence-electron chi connectivity index (χ4n) is 2.14. The van der Waals surface area contributed by atoms with Gasteiger partial charge >= 0.3 is 0 Å². The molecule has 3 N–H and O–H groups in total. The summed E-state index contributed by atoms with van der Waals surface area (Å²) in [7, 11) is 0. The molecule has 0 aliphatic rings. The Morgan fingerprint density at radius 1 is 1.24 bits per heavy atom. The maximum Gasteiger partial charge on any atom is 0.171 e. The molecule has 3 aromatic rings. The third kappa shape index (κ3) is 3.15. The maximum absolute atomic E-state index is 5.90. The van der Waals surface area contributed by atoms with Gasteiger partial charge in [0.2, 0.25) is 0 Å². The second kappa shape index (κ2) is 5.83. The number of hydrogen-bond acceptors (Lipinski definition) is 3. The average molecular weight is 362 g/mol. The van der Waals surface area contributed by atoms with Gasteiger partial charge in [-0.3, -0.25) is 0 Å². The first-order valence-corrected chi connectivity index (χ1v) is 8.33. The zero-order valence-corrected chi connectivity index (χ0v) is 14.3. The fourth-order valence-corrected chi connectivity index (χ4v) is 3.58. The number of hydrogen-bond donors (Lipinski definition) is 2. The van der Waals surface area contributed by atoms with Gasteiger partial charge in [-0.15, -0.1) is 0 Å². The van der Waals surface area contributed by atoms with E-state index in [1.807, 2.05) is 13.0 Å². The lowest BCUT2D eigenvalue weighted by Crippen LogP contribution is -2.04. The summed E-state index contributed by atoms with van der Waals surface area (Å²) in [6.07, 6.45) is 0. The van der Waals surface area contributed by atoms with Crippen molar-refractivity contribution < 1.29 is 0 Å². The molecule has 3 rings (SSSR count). The number of fused-ring (bicyclic) bond motifs is 1. The Balaban J connectivity index is 1.91. The van der Waals surface area contributed by atoms with Gasteiger partial charge in [0.05, 0.1) is 11.0 Å². The number of imidazole rings is 1. The fraction of sp³-hybridized carbons (Fsp3) is 0.188. The van der Waals surface area contributed by atoms with Crippen molar-refractivity contribution in [3.63, 3.8) is 0 Å². The van der Waals surface area contributed by atoms with Crippen LogP contribution in [0.5, 0.6) is 0 Å². The van der Waals surface area contributed by atoms with Crippen LogP contribution in [0.4, 0.5) is 0 Å². The SMILES string of the molecule is Cc1ccc2nc(Sc3ccc(C(C)N)cc3Br)[nH]c2c1. The lowest BCUT2D eigenvalue weighted by molar-refractivity contribution is 0.815. The molecule has 5 heteroatoms. The summed E-state index contributed by atoms with van der Waals surface area (Å²) in [5.41, 5.74) is 10.3. The number of aromatic nitrogens is 2. The van der Waals surface area contributed by atoms with E-state index in [1.165, 1.54) is 5.56 Å². The highest BCUT2D eigenvalue weighted by Gasteiger charge is 2.09. The summed E-state index contributed by atoms with van der Waals surface area (Å²) in [5.74, 6) is 0. The van der Waals surface area contributed by atoms with E-state index >= 15 is 0 Å². The molecular weight excluding hydrogens is 346 g/mol. The standard InChI is InChI=1S/C16H16BrN3S/c1-9-3-5-13-14(7-9)20-16(19-13)21-15-6-4-11(10(2)18)8-12(15)17/h3-8,10H,18H2,1-2H3,(H,19,20). The number of rotatable bonds is 3. The first-order chi connectivity index (χ1) is 10.0. The van der Waals surface area contributed by atoms with Crippen LogP contribution in [-0.2, 0) is 0 Å². The van der Waals surface area contributed by atoms with E-state index in [9.17, 15) is 0 Å². The number of nitrogens with two attached hydrogens (primary N) is 1. The van der Waals surface area contributed by atoms with Crippen LogP contribution in [0.15, 0.2) is 50.9 Å². The Bertz CT molecular complexity index is 795. The molecule has 0 saturated heterocycles. The van der Waals surface area contributed by atoms with Crippen molar-refractivity contribution in [2.24, 2.45) is 5.73 Å². The maximum atomic E-state index is 5.90. The van der Waals surface area contributed by atoms with Crippen LogP contribution in [0.2, 0.25) is 0 Å². The van der Waals surface area contributed by atoms with Gasteiger partial charge in [0, 0.05) is 15.4 Å². The Morgan fingerprint density at radius 3 is 2.76 bits per heavy atom. The summed E-state index contributed by atoms with van der Waals surface area (Å²) in [6.45, 7) is 4.06. The summed E-state index contributed by atoms with van der Waals surface area (Å²) < 4.78 is 1.04. The molecule has 0 bridgehead atoms. The summed E-state index contributed by atoms with van der Waals surface area (Å²) in [4.78, 5) is 9.09. The molecule has 2 aromatic carbocycles. The van der Waals surface area contributed by atoms with Crippen molar-refractivity contribution in [3.05, 3.63) is 52.0 Å². The first kappa shape index (κ1) is 14.6. The van der Waals surface area contributed by atoms with E-state index in [0.717, 1.165) is 31.1 Å². The first-order valence-electron chi connectivity index (χ1n) is 6.72. The monoisotopic (exact) mass is 361 g/mol. The van der Waals surface area contributed by atoms with Crippen molar-refractivity contribution in [2.75, 3.05) is 0 Å². The molecule has 1 aromatic heterocycles. The minimum atomic E-state index is 0.0366. The molecule has 0 aliphatic carbocycles. The van der Waals surface area contributed by atoms with E-state index in [4.69, 9.17) is 5.73 Å².